The van der Waals surface area contributed by atoms with Crippen molar-refractivity contribution in [1.29, 1.82) is 0 Å². The van der Waals surface area contributed by atoms with Crippen LogP contribution in [0.4, 0.5) is 0 Å². The van der Waals surface area contributed by atoms with Crippen molar-refractivity contribution in [3.05, 3.63) is 53.3 Å². The van der Waals surface area contributed by atoms with Gasteiger partial charge in [-0.2, -0.15) is 0 Å². The lowest BCUT2D eigenvalue weighted by atomic mass is 10.3. The van der Waals surface area contributed by atoms with Crippen LogP contribution < -0.4 is 0 Å². The van der Waals surface area contributed by atoms with Crippen LogP contribution in [0.3, 0.4) is 0 Å². The Morgan fingerprint density at radius 1 is 1.32 bits per heavy atom. The average Bonchev–Trinajstić information content (AvgIpc) is 3.17. The predicted octanol–water partition coefficient (Wildman–Crippen LogP) is 1.35. The normalized spacial score (nSPS) is 10.6. The van der Waals surface area contributed by atoms with Crippen LogP contribution in [0, 0.1) is 0 Å². The van der Waals surface area contributed by atoms with Gasteiger partial charge in [-0.3, -0.25) is 0 Å². The number of carbonyl (C=O) groups excluding carboxylic acids is 1. The van der Waals surface area contributed by atoms with Gasteiger partial charge in [0.1, 0.15) is 12.0 Å². The highest BCUT2D eigenvalue weighted by Crippen LogP contribution is 2.12. The molecular formula is C13H11ClN6O2. The molecule has 0 radical (unpaired) electrons. The summed E-state index contributed by atoms with van der Waals surface area (Å²) in [7, 11) is 1.28. The van der Waals surface area contributed by atoms with E-state index in [1.54, 1.807) is 23.0 Å². The van der Waals surface area contributed by atoms with Crippen molar-refractivity contribution >= 4 is 17.6 Å². The molecule has 0 N–H and O–H groups in total. The predicted molar refractivity (Wildman–Crippen MR) is 76.8 cm³/mol. The van der Waals surface area contributed by atoms with E-state index in [9.17, 15) is 4.79 Å². The minimum absolute atomic E-state index is 0.00703. The molecule has 3 aromatic rings. The van der Waals surface area contributed by atoms with Crippen molar-refractivity contribution in [2.75, 3.05) is 7.11 Å². The quantitative estimate of drug-likeness (QED) is 0.675. The van der Waals surface area contributed by atoms with Gasteiger partial charge in [-0.25, -0.2) is 19.1 Å². The highest BCUT2D eigenvalue weighted by atomic mass is 35.5. The Hall–Kier alpha value is -2.74. The van der Waals surface area contributed by atoms with Crippen LogP contribution >= 0.6 is 11.6 Å². The second kappa shape index (κ2) is 5.94. The molecule has 0 bridgehead atoms. The maximum atomic E-state index is 11.3. The van der Waals surface area contributed by atoms with Gasteiger partial charge in [-0.15, -0.1) is 10.2 Å². The fraction of sp³-hybridized carbons (Fsp3) is 0.154. The van der Waals surface area contributed by atoms with E-state index in [1.807, 2.05) is 12.1 Å². The van der Waals surface area contributed by atoms with Gasteiger partial charge < -0.3 is 4.74 Å². The number of nitrogens with zero attached hydrogens (tertiary/aromatic N) is 6. The SMILES string of the molecule is COC(=O)c1ncn(Cc2cn(-c3ccc(Cl)cc3)nn2)n1. The number of rotatable bonds is 4. The third kappa shape index (κ3) is 2.96. The number of hydrogen-bond donors (Lipinski definition) is 0. The summed E-state index contributed by atoms with van der Waals surface area (Å²) in [6.45, 7) is 0.345. The third-order valence-corrected chi connectivity index (χ3v) is 3.11. The number of esters is 1. The van der Waals surface area contributed by atoms with Crippen LogP contribution in [0.2, 0.25) is 5.02 Å². The molecule has 0 amide bonds. The van der Waals surface area contributed by atoms with Gasteiger partial charge >= 0.3 is 5.97 Å². The highest BCUT2D eigenvalue weighted by Gasteiger charge is 2.12. The van der Waals surface area contributed by atoms with E-state index >= 15 is 0 Å². The molecule has 0 aliphatic rings. The maximum absolute atomic E-state index is 11.3. The van der Waals surface area contributed by atoms with Gasteiger partial charge in [0, 0.05) is 5.02 Å². The van der Waals surface area contributed by atoms with Crippen molar-refractivity contribution in [2.24, 2.45) is 0 Å². The van der Waals surface area contributed by atoms with Crippen molar-refractivity contribution in [3.63, 3.8) is 0 Å². The first-order valence-corrected chi connectivity index (χ1v) is 6.68. The van der Waals surface area contributed by atoms with Crippen LogP contribution in [0.1, 0.15) is 16.3 Å². The smallest absolute Gasteiger partial charge is 0.377 e. The number of hydrogen-bond acceptors (Lipinski definition) is 6. The van der Waals surface area contributed by atoms with Gasteiger partial charge in [0.15, 0.2) is 0 Å². The fourth-order valence-electron chi connectivity index (χ4n) is 1.81. The molecule has 2 aromatic heterocycles. The molecule has 3 rings (SSSR count). The van der Waals surface area contributed by atoms with E-state index < -0.39 is 5.97 Å². The molecule has 112 valence electrons. The first-order valence-electron chi connectivity index (χ1n) is 6.30. The molecule has 0 atom stereocenters. The molecule has 9 heteroatoms. The number of benzene rings is 1. The van der Waals surface area contributed by atoms with Gasteiger partial charge in [0.05, 0.1) is 25.5 Å². The Morgan fingerprint density at radius 3 is 2.82 bits per heavy atom. The van der Waals surface area contributed by atoms with Crippen LogP contribution in [0.5, 0.6) is 0 Å². The van der Waals surface area contributed by atoms with Gasteiger partial charge in [0.25, 0.3) is 5.82 Å². The lowest BCUT2D eigenvalue weighted by Crippen LogP contribution is -2.06. The average molecular weight is 319 g/mol. The molecule has 0 spiro atoms. The van der Waals surface area contributed by atoms with Crippen LogP contribution in [-0.2, 0) is 11.3 Å². The second-order valence-electron chi connectivity index (χ2n) is 4.39. The Bertz CT molecular complexity index is 795. The molecule has 2 heterocycles. The summed E-state index contributed by atoms with van der Waals surface area (Å²) < 4.78 is 7.67. The van der Waals surface area contributed by atoms with E-state index in [0.29, 0.717) is 17.3 Å². The topological polar surface area (TPSA) is 87.7 Å². The Balaban J connectivity index is 1.75. The number of ether oxygens (including phenoxy) is 1. The number of halogens is 1. The minimum atomic E-state index is -0.580. The Morgan fingerprint density at radius 2 is 2.09 bits per heavy atom. The van der Waals surface area contributed by atoms with E-state index in [-0.39, 0.29) is 5.82 Å². The summed E-state index contributed by atoms with van der Waals surface area (Å²) in [6.07, 6.45) is 3.20. The molecule has 0 aliphatic carbocycles. The summed E-state index contributed by atoms with van der Waals surface area (Å²) in [5.74, 6) is -0.573. The number of carbonyl (C=O) groups is 1. The lowest BCUT2D eigenvalue weighted by Gasteiger charge is -1.99. The zero-order valence-corrected chi connectivity index (χ0v) is 12.3. The Labute approximate surface area is 130 Å². The summed E-state index contributed by atoms with van der Waals surface area (Å²) in [5, 5.41) is 12.8. The number of methoxy groups -OCH3 is 1. The molecule has 1 aromatic carbocycles. The molecule has 0 fully saturated rings. The first kappa shape index (κ1) is 14.2. The van der Waals surface area contributed by atoms with Crippen molar-refractivity contribution in [3.8, 4) is 5.69 Å². The second-order valence-corrected chi connectivity index (χ2v) is 4.82. The fourth-order valence-corrected chi connectivity index (χ4v) is 1.94. The molecule has 0 saturated heterocycles. The molecule has 0 saturated carbocycles. The summed E-state index contributed by atoms with van der Waals surface area (Å²) in [5.41, 5.74) is 1.52. The van der Waals surface area contributed by atoms with Gasteiger partial charge in [-0.1, -0.05) is 16.8 Å². The van der Waals surface area contributed by atoms with E-state index in [0.717, 1.165) is 5.69 Å². The van der Waals surface area contributed by atoms with Gasteiger partial charge in [0.2, 0.25) is 0 Å². The maximum Gasteiger partial charge on any atom is 0.377 e. The van der Waals surface area contributed by atoms with Crippen molar-refractivity contribution < 1.29 is 9.53 Å². The monoisotopic (exact) mass is 318 g/mol. The molecule has 8 nitrogen and oxygen atoms in total. The number of aromatic nitrogens is 6. The molecular weight excluding hydrogens is 308 g/mol. The summed E-state index contributed by atoms with van der Waals surface area (Å²) in [6, 6.07) is 7.23. The first-order chi connectivity index (χ1) is 10.7. The molecule has 0 aliphatic heterocycles. The molecule has 22 heavy (non-hydrogen) atoms. The van der Waals surface area contributed by atoms with Gasteiger partial charge in [-0.05, 0) is 24.3 Å². The van der Waals surface area contributed by atoms with Crippen molar-refractivity contribution in [1.82, 2.24) is 29.8 Å². The van der Waals surface area contributed by atoms with Crippen LogP contribution in [-0.4, -0.2) is 42.8 Å². The highest BCUT2D eigenvalue weighted by molar-refractivity contribution is 6.30. The molecule has 0 unspecified atom stereocenters. The largest absolute Gasteiger partial charge is 0.463 e. The minimum Gasteiger partial charge on any atom is -0.463 e. The van der Waals surface area contributed by atoms with Crippen LogP contribution in [0.25, 0.3) is 5.69 Å². The zero-order chi connectivity index (χ0) is 15.5. The lowest BCUT2D eigenvalue weighted by molar-refractivity contribution is 0.0586. The summed E-state index contributed by atoms with van der Waals surface area (Å²) >= 11 is 5.85. The standard InChI is InChI=1S/C13H11ClN6O2/c1-22-13(21)12-15-8-19(17-12)6-10-7-20(18-16-10)11-4-2-9(14)3-5-11/h2-5,7-8H,6H2,1H3. The van der Waals surface area contributed by atoms with E-state index in [1.165, 1.54) is 18.1 Å². The van der Waals surface area contributed by atoms with E-state index in [2.05, 4.69) is 25.1 Å². The third-order valence-electron chi connectivity index (χ3n) is 2.86. The van der Waals surface area contributed by atoms with Crippen molar-refractivity contribution in [2.45, 2.75) is 6.54 Å². The van der Waals surface area contributed by atoms with E-state index in [4.69, 9.17) is 11.6 Å². The summed E-state index contributed by atoms with van der Waals surface area (Å²) in [4.78, 5) is 15.2. The van der Waals surface area contributed by atoms with Crippen LogP contribution in [0.15, 0.2) is 36.8 Å². The Kier molecular flexibility index (Phi) is 3.84. The zero-order valence-electron chi connectivity index (χ0n) is 11.5.